The summed E-state index contributed by atoms with van der Waals surface area (Å²) in [6, 6.07) is 7.05. The van der Waals surface area contributed by atoms with Crippen molar-refractivity contribution in [2.45, 2.75) is 24.3 Å². The fourth-order valence-electron chi connectivity index (χ4n) is 2.73. The summed E-state index contributed by atoms with van der Waals surface area (Å²) in [7, 11) is 0.323. The van der Waals surface area contributed by atoms with Crippen molar-refractivity contribution in [2.75, 3.05) is 39.0 Å². The molecule has 1 unspecified atom stereocenters. The second kappa shape index (κ2) is 6.11. The lowest BCUT2D eigenvalue weighted by Gasteiger charge is -2.28. The van der Waals surface area contributed by atoms with E-state index in [-0.39, 0.29) is 6.04 Å². The molecule has 1 aliphatic heterocycles. The zero-order valence-electron chi connectivity index (χ0n) is 12.3. The summed E-state index contributed by atoms with van der Waals surface area (Å²) in [5.74, 6) is 0. The minimum Gasteiger partial charge on any atom is -0.387 e. The molecule has 20 heavy (non-hydrogen) atoms. The van der Waals surface area contributed by atoms with Crippen LogP contribution in [-0.4, -0.2) is 57.4 Å². The lowest BCUT2D eigenvalue weighted by molar-refractivity contribution is 0.290. The molecule has 1 atom stereocenters. The highest BCUT2D eigenvalue weighted by Crippen LogP contribution is 2.26. The zero-order valence-corrected chi connectivity index (χ0v) is 13.2. The number of rotatable bonds is 3. The third kappa shape index (κ3) is 2.97. The van der Waals surface area contributed by atoms with Gasteiger partial charge in [0.2, 0.25) is 10.0 Å². The second-order valence-electron chi connectivity index (χ2n) is 5.33. The Hall–Kier alpha value is -1.11. The molecule has 0 amide bonds. The lowest BCUT2D eigenvalue weighted by atomic mass is 10.3. The van der Waals surface area contributed by atoms with Crippen molar-refractivity contribution in [3.8, 4) is 0 Å². The van der Waals surface area contributed by atoms with Crippen LogP contribution >= 0.6 is 0 Å². The first-order valence-corrected chi connectivity index (χ1v) is 8.38. The Balaban J connectivity index is 2.38. The molecule has 1 N–H and O–H groups in total. The molecule has 1 aromatic rings. The Morgan fingerprint density at radius 3 is 2.65 bits per heavy atom. The maximum absolute atomic E-state index is 12.9. The summed E-state index contributed by atoms with van der Waals surface area (Å²) in [6.07, 6.45) is 0.863. The van der Waals surface area contributed by atoms with Crippen LogP contribution in [0.3, 0.4) is 0 Å². The zero-order chi connectivity index (χ0) is 14.8. The Morgan fingerprint density at radius 1 is 1.25 bits per heavy atom. The van der Waals surface area contributed by atoms with Gasteiger partial charge in [-0.05, 0) is 39.1 Å². The first-order valence-electron chi connectivity index (χ1n) is 6.94. The van der Waals surface area contributed by atoms with E-state index in [1.54, 1.807) is 29.6 Å². The predicted molar refractivity (Wildman–Crippen MR) is 81.5 cm³/mol. The van der Waals surface area contributed by atoms with Crippen LogP contribution in [0.4, 0.5) is 5.69 Å². The van der Waals surface area contributed by atoms with E-state index < -0.39 is 10.0 Å². The van der Waals surface area contributed by atoms with Gasteiger partial charge in [0.25, 0.3) is 0 Å². The molecule has 0 saturated carbocycles. The SMILES string of the molecule is CNc1ccccc1S(=O)(=O)N1CCCN(C)CC1C. The Morgan fingerprint density at radius 2 is 1.95 bits per heavy atom. The summed E-state index contributed by atoms with van der Waals surface area (Å²) in [6.45, 7) is 4.25. The van der Waals surface area contributed by atoms with Crippen LogP contribution in [0.1, 0.15) is 13.3 Å². The van der Waals surface area contributed by atoms with Crippen molar-refractivity contribution >= 4 is 15.7 Å². The van der Waals surface area contributed by atoms with E-state index in [1.807, 2.05) is 20.0 Å². The summed E-state index contributed by atoms with van der Waals surface area (Å²) >= 11 is 0. The third-order valence-corrected chi connectivity index (χ3v) is 5.80. The molecule has 0 spiro atoms. The van der Waals surface area contributed by atoms with E-state index in [9.17, 15) is 8.42 Å². The second-order valence-corrected chi connectivity index (χ2v) is 7.19. The minimum absolute atomic E-state index is 0.0163. The van der Waals surface area contributed by atoms with Crippen LogP contribution < -0.4 is 5.32 Å². The van der Waals surface area contributed by atoms with Crippen molar-refractivity contribution in [2.24, 2.45) is 0 Å². The van der Waals surface area contributed by atoms with Gasteiger partial charge in [0.15, 0.2) is 0 Å². The summed E-state index contributed by atoms with van der Waals surface area (Å²) in [5, 5.41) is 2.96. The Labute approximate surface area is 121 Å². The maximum Gasteiger partial charge on any atom is 0.245 e. The number of benzene rings is 1. The Bertz CT molecular complexity index is 559. The molecular weight excluding hydrogens is 274 g/mol. The number of likely N-dealkylation sites (N-methyl/N-ethyl adjacent to an activating group) is 1. The summed E-state index contributed by atoms with van der Waals surface area (Å²) in [4.78, 5) is 2.54. The van der Waals surface area contributed by atoms with Crippen LogP contribution in [0.2, 0.25) is 0 Å². The molecule has 1 fully saturated rings. The fourth-order valence-corrected chi connectivity index (χ4v) is 4.59. The molecule has 1 heterocycles. The van der Waals surface area contributed by atoms with E-state index in [0.29, 0.717) is 17.1 Å². The molecule has 112 valence electrons. The Kier molecular flexibility index (Phi) is 4.67. The van der Waals surface area contributed by atoms with Gasteiger partial charge in [0.1, 0.15) is 4.90 Å². The number of hydrogen-bond donors (Lipinski definition) is 1. The van der Waals surface area contributed by atoms with Crippen LogP contribution in [0.5, 0.6) is 0 Å². The number of nitrogens with one attached hydrogen (secondary N) is 1. The smallest absolute Gasteiger partial charge is 0.245 e. The predicted octanol–water partition coefficient (Wildman–Crippen LogP) is 1.44. The quantitative estimate of drug-likeness (QED) is 0.917. The summed E-state index contributed by atoms with van der Waals surface area (Å²) in [5.41, 5.74) is 0.650. The molecule has 1 saturated heterocycles. The number of anilines is 1. The van der Waals surface area contributed by atoms with Crippen molar-refractivity contribution in [1.29, 1.82) is 0 Å². The highest BCUT2D eigenvalue weighted by molar-refractivity contribution is 7.89. The van der Waals surface area contributed by atoms with Gasteiger partial charge in [-0.1, -0.05) is 12.1 Å². The maximum atomic E-state index is 12.9. The summed E-state index contributed by atoms with van der Waals surface area (Å²) < 4.78 is 27.4. The van der Waals surface area contributed by atoms with E-state index in [2.05, 4.69) is 10.2 Å². The van der Waals surface area contributed by atoms with E-state index >= 15 is 0 Å². The first kappa shape index (κ1) is 15.3. The van der Waals surface area contributed by atoms with E-state index in [0.717, 1.165) is 19.5 Å². The lowest BCUT2D eigenvalue weighted by Crippen LogP contribution is -2.42. The number of para-hydroxylation sites is 1. The van der Waals surface area contributed by atoms with Crippen LogP contribution in [0, 0.1) is 0 Å². The first-order chi connectivity index (χ1) is 9.46. The van der Waals surface area contributed by atoms with Crippen LogP contribution in [-0.2, 0) is 10.0 Å². The molecule has 6 heteroatoms. The highest BCUT2D eigenvalue weighted by atomic mass is 32.2. The van der Waals surface area contributed by atoms with Gasteiger partial charge in [0, 0.05) is 26.2 Å². The topological polar surface area (TPSA) is 52.7 Å². The molecule has 0 radical (unpaired) electrons. The number of nitrogens with zero attached hydrogens (tertiary/aromatic N) is 2. The number of hydrogen-bond acceptors (Lipinski definition) is 4. The monoisotopic (exact) mass is 297 g/mol. The molecule has 0 aromatic heterocycles. The van der Waals surface area contributed by atoms with E-state index in [4.69, 9.17) is 0 Å². The molecular formula is C14H23N3O2S. The number of sulfonamides is 1. The van der Waals surface area contributed by atoms with Crippen molar-refractivity contribution in [3.05, 3.63) is 24.3 Å². The molecule has 1 aliphatic rings. The molecule has 0 bridgehead atoms. The van der Waals surface area contributed by atoms with Gasteiger partial charge in [0.05, 0.1) is 5.69 Å². The van der Waals surface area contributed by atoms with Gasteiger partial charge in [-0.3, -0.25) is 0 Å². The van der Waals surface area contributed by atoms with Gasteiger partial charge in [-0.25, -0.2) is 8.42 Å². The van der Waals surface area contributed by atoms with Gasteiger partial charge in [-0.15, -0.1) is 0 Å². The molecule has 5 nitrogen and oxygen atoms in total. The van der Waals surface area contributed by atoms with Crippen molar-refractivity contribution in [3.63, 3.8) is 0 Å². The standard InChI is InChI=1S/C14H23N3O2S/c1-12-11-16(3)9-6-10-17(12)20(18,19)14-8-5-4-7-13(14)15-2/h4-5,7-8,12,15H,6,9-11H2,1-3H3. The average Bonchev–Trinajstić information content (AvgIpc) is 2.59. The van der Waals surface area contributed by atoms with Crippen LogP contribution in [0.25, 0.3) is 0 Å². The van der Waals surface area contributed by atoms with Gasteiger partial charge in [-0.2, -0.15) is 4.31 Å². The van der Waals surface area contributed by atoms with Crippen LogP contribution in [0.15, 0.2) is 29.2 Å². The highest BCUT2D eigenvalue weighted by Gasteiger charge is 2.32. The molecule has 0 aliphatic carbocycles. The average molecular weight is 297 g/mol. The van der Waals surface area contributed by atoms with Gasteiger partial charge < -0.3 is 10.2 Å². The minimum atomic E-state index is -3.46. The molecule has 1 aromatic carbocycles. The van der Waals surface area contributed by atoms with Crippen molar-refractivity contribution < 1.29 is 8.42 Å². The van der Waals surface area contributed by atoms with Gasteiger partial charge >= 0.3 is 0 Å². The molecule has 2 rings (SSSR count). The fraction of sp³-hybridized carbons (Fsp3) is 0.571. The largest absolute Gasteiger partial charge is 0.387 e. The van der Waals surface area contributed by atoms with E-state index in [1.165, 1.54) is 0 Å². The van der Waals surface area contributed by atoms with Crippen molar-refractivity contribution in [1.82, 2.24) is 9.21 Å². The third-order valence-electron chi connectivity index (χ3n) is 3.73. The normalized spacial score (nSPS) is 22.4.